The average molecular weight is 268 g/mol. The number of H-pyrrole nitrogens is 1. The smallest absolute Gasteiger partial charge is 1.00 e. The molecule has 2 rings (SSSR count). The summed E-state index contributed by atoms with van der Waals surface area (Å²) in [7, 11) is 0. The number of aromatic amines is 1. The number of hydrogen-bond donors (Lipinski definition) is 3. The van der Waals surface area contributed by atoms with E-state index < -0.39 is 12.0 Å². The molecule has 0 radical (unpaired) electrons. The maximum Gasteiger partial charge on any atom is 1.00 e. The molecule has 2 aromatic rings. The number of rotatable bonds is 3. The molecule has 0 spiro atoms. The van der Waals surface area contributed by atoms with Gasteiger partial charge in [-0.05, 0) is 11.6 Å². The molecule has 0 aliphatic heterocycles. The van der Waals surface area contributed by atoms with Gasteiger partial charge in [0.2, 0.25) is 0 Å². The summed E-state index contributed by atoms with van der Waals surface area (Å²) in [6, 6.07) is 6.91. The molecule has 4 N–H and O–H groups in total. The number of aliphatic carboxylic acids is 1. The van der Waals surface area contributed by atoms with E-state index in [0.29, 0.717) is 6.42 Å². The van der Waals surface area contributed by atoms with E-state index in [-0.39, 0.29) is 83.8 Å². The Morgan fingerprint density at radius 2 is 2.12 bits per heavy atom. The van der Waals surface area contributed by atoms with Crippen molar-refractivity contribution < 1.29 is 93.7 Å². The molecule has 0 fully saturated rings. The summed E-state index contributed by atoms with van der Waals surface area (Å²) in [5, 5.41) is 9.75. The molecule has 1 aromatic heterocycles. The molecule has 1 atom stereocenters. The molecule has 0 aliphatic rings. The van der Waals surface area contributed by atoms with Crippen LogP contribution in [0.3, 0.4) is 0 Å². The number of benzene rings is 1. The number of nitrogens with two attached hydrogens (primary N) is 1. The fourth-order valence-corrected chi connectivity index (χ4v) is 1.62. The van der Waals surface area contributed by atoms with E-state index in [1.807, 2.05) is 30.5 Å². The quantitative estimate of drug-likeness (QED) is 0.490. The second-order valence-electron chi connectivity index (χ2n) is 3.51. The van der Waals surface area contributed by atoms with Gasteiger partial charge in [0.25, 0.3) is 0 Å². The monoisotopic (exact) mass is 268 g/mol. The number of para-hydroxylation sites is 1. The van der Waals surface area contributed by atoms with Crippen molar-refractivity contribution in [1.82, 2.24) is 4.98 Å². The molecule has 6 heteroatoms. The number of hydrogen-bond acceptors (Lipinski definition) is 2. The maximum atomic E-state index is 10.6. The molecule has 0 saturated carbocycles. The second kappa shape index (κ2) is 8.09. The van der Waals surface area contributed by atoms with Crippen LogP contribution in [-0.4, -0.2) is 22.1 Å². The zero-order valence-corrected chi connectivity index (χ0v) is 15.2. The van der Waals surface area contributed by atoms with Gasteiger partial charge in [-0.2, -0.15) is 0 Å². The molecule has 1 heterocycles. The maximum absolute atomic E-state index is 10.6. The molecule has 4 nitrogen and oxygen atoms in total. The summed E-state index contributed by atoms with van der Waals surface area (Å²) in [4.78, 5) is 13.7. The van der Waals surface area contributed by atoms with Crippen molar-refractivity contribution >= 4 is 16.9 Å². The number of carbonyl (C=O) groups is 1. The molecule has 0 bridgehead atoms. The SMILES string of the molecule is NC(Cc1c[nH]c2ccccc12)C(=O)O.[H-].[H-].[K+].[Na+]. The summed E-state index contributed by atoms with van der Waals surface area (Å²) in [5.41, 5.74) is 7.43. The van der Waals surface area contributed by atoms with Gasteiger partial charge in [0.05, 0.1) is 0 Å². The Kier molecular flexibility index (Phi) is 8.48. The van der Waals surface area contributed by atoms with Crippen molar-refractivity contribution in [2.45, 2.75) is 12.5 Å². The first-order valence-electron chi connectivity index (χ1n) is 4.72. The number of carboxylic acid groups (broad SMARTS) is 1. The Labute approximate surface area is 167 Å². The van der Waals surface area contributed by atoms with Gasteiger partial charge in [-0.1, -0.05) is 18.2 Å². The number of carboxylic acids is 1. The van der Waals surface area contributed by atoms with Crippen molar-refractivity contribution in [3.8, 4) is 0 Å². The third kappa shape index (κ3) is 4.45. The molecule has 0 amide bonds. The first kappa shape index (κ1) is 17.8. The number of fused-ring (bicyclic) bond motifs is 1. The minimum Gasteiger partial charge on any atom is -1.00 e. The van der Waals surface area contributed by atoms with Crippen molar-refractivity contribution in [2.24, 2.45) is 5.73 Å². The standard InChI is InChI=1S/C11H12N2O2.K.Na.2H/c12-9(11(14)15)5-7-6-13-10-4-2-1-3-8(7)10;;;;/h1-4,6,9,13H,5,12H2,(H,14,15);;;;/q;2*+1;2*-1. The zero-order valence-electron chi connectivity index (χ0n) is 12.1. The van der Waals surface area contributed by atoms with Gasteiger partial charge >= 0.3 is 86.9 Å². The molecule has 0 aliphatic carbocycles. The van der Waals surface area contributed by atoms with Gasteiger partial charge < -0.3 is 18.7 Å². The number of aromatic nitrogens is 1. The molecule has 17 heavy (non-hydrogen) atoms. The molecule has 1 aromatic carbocycles. The van der Waals surface area contributed by atoms with Gasteiger partial charge in [0.1, 0.15) is 6.04 Å². The fraction of sp³-hybridized carbons (Fsp3) is 0.182. The first-order chi connectivity index (χ1) is 7.18. The van der Waals surface area contributed by atoms with Crippen LogP contribution in [0.25, 0.3) is 10.9 Å². The summed E-state index contributed by atoms with van der Waals surface area (Å²) in [5.74, 6) is -0.972. The van der Waals surface area contributed by atoms with Crippen LogP contribution in [0.2, 0.25) is 0 Å². The van der Waals surface area contributed by atoms with Crippen LogP contribution in [0, 0.1) is 0 Å². The first-order valence-corrected chi connectivity index (χ1v) is 4.72. The minimum absolute atomic E-state index is 0. The van der Waals surface area contributed by atoms with Gasteiger partial charge in [0, 0.05) is 23.5 Å². The normalized spacial score (nSPS) is 11.4. The van der Waals surface area contributed by atoms with Gasteiger partial charge in [-0.15, -0.1) is 0 Å². The van der Waals surface area contributed by atoms with E-state index in [1.165, 1.54) is 0 Å². The summed E-state index contributed by atoms with van der Waals surface area (Å²) in [6.45, 7) is 0. The summed E-state index contributed by atoms with van der Waals surface area (Å²) in [6.07, 6.45) is 2.16. The summed E-state index contributed by atoms with van der Waals surface area (Å²) >= 11 is 0. The van der Waals surface area contributed by atoms with Gasteiger partial charge in [0.15, 0.2) is 0 Å². The van der Waals surface area contributed by atoms with E-state index in [2.05, 4.69) is 4.98 Å². The third-order valence-electron chi connectivity index (χ3n) is 2.43. The second-order valence-corrected chi connectivity index (χ2v) is 3.51. The molecular weight excluding hydrogens is 254 g/mol. The van der Waals surface area contributed by atoms with Crippen LogP contribution >= 0.6 is 0 Å². The predicted molar refractivity (Wildman–Crippen MR) is 59.8 cm³/mol. The zero-order chi connectivity index (χ0) is 10.8. The molecule has 1 unspecified atom stereocenters. The van der Waals surface area contributed by atoms with Gasteiger partial charge in [-0.25, -0.2) is 0 Å². The van der Waals surface area contributed by atoms with E-state index in [1.54, 1.807) is 0 Å². The Bertz CT molecular complexity index is 510. The predicted octanol–water partition coefficient (Wildman–Crippen LogP) is -4.64. The molecular formula is C11H14KN2NaO2. The van der Waals surface area contributed by atoms with Crippen LogP contribution in [-0.2, 0) is 11.2 Å². The fourth-order valence-electron chi connectivity index (χ4n) is 1.62. The van der Waals surface area contributed by atoms with E-state index in [9.17, 15) is 4.79 Å². The van der Waals surface area contributed by atoms with Crippen molar-refractivity contribution in [3.05, 3.63) is 36.0 Å². The van der Waals surface area contributed by atoms with Crippen LogP contribution in [0.1, 0.15) is 8.42 Å². The van der Waals surface area contributed by atoms with Crippen LogP contribution in [0.5, 0.6) is 0 Å². The topological polar surface area (TPSA) is 79.1 Å². The van der Waals surface area contributed by atoms with E-state index >= 15 is 0 Å². The van der Waals surface area contributed by atoms with Crippen LogP contribution in [0.15, 0.2) is 30.5 Å². The van der Waals surface area contributed by atoms with Crippen LogP contribution in [0.4, 0.5) is 0 Å². The van der Waals surface area contributed by atoms with E-state index in [4.69, 9.17) is 10.8 Å². The molecule has 0 saturated heterocycles. The third-order valence-corrected chi connectivity index (χ3v) is 2.43. The molecule has 82 valence electrons. The largest absolute Gasteiger partial charge is 1.00 e. The number of nitrogens with one attached hydrogen (secondary N) is 1. The Hall–Kier alpha value is 0.826. The average Bonchev–Trinajstić information content (AvgIpc) is 2.62. The van der Waals surface area contributed by atoms with Crippen molar-refractivity contribution in [2.75, 3.05) is 0 Å². The van der Waals surface area contributed by atoms with Gasteiger partial charge in [-0.3, -0.25) is 4.79 Å². The minimum atomic E-state index is -0.972. The Morgan fingerprint density at radius 1 is 1.47 bits per heavy atom. The summed E-state index contributed by atoms with van der Waals surface area (Å²) < 4.78 is 0. The van der Waals surface area contributed by atoms with Crippen LogP contribution < -0.4 is 86.7 Å². The van der Waals surface area contributed by atoms with E-state index in [0.717, 1.165) is 16.5 Å². The van der Waals surface area contributed by atoms with Crippen molar-refractivity contribution in [3.63, 3.8) is 0 Å². The Morgan fingerprint density at radius 3 is 2.76 bits per heavy atom. The van der Waals surface area contributed by atoms with Crippen molar-refractivity contribution in [1.29, 1.82) is 0 Å². The Balaban J connectivity index is -0.000000640.